The van der Waals surface area contributed by atoms with E-state index in [4.69, 9.17) is 4.84 Å². The average Bonchev–Trinajstić information content (AvgIpc) is 2.93. The fourth-order valence-corrected chi connectivity index (χ4v) is 3.50. The molecule has 138 valence electrons. The van der Waals surface area contributed by atoms with Crippen molar-refractivity contribution in [2.45, 2.75) is 19.8 Å². The van der Waals surface area contributed by atoms with Gasteiger partial charge in [0.25, 0.3) is 11.8 Å². The molecule has 0 N–H and O–H groups in total. The van der Waals surface area contributed by atoms with Crippen LogP contribution in [0, 0.1) is 5.92 Å². The molecule has 3 heterocycles. The second-order valence-electron chi connectivity index (χ2n) is 6.93. The molecule has 2 amide bonds. The summed E-state index contributed by atoms with van der Waals surface area (Å²) in [5, 5.41) is 0.524. The lowest BCUT2D eigenvalue weighted by atomic mass is 10.0. The summed E-state index contributed by atoms with van der Waals surface area (Å²) in [6, 6.07) is 9.53. The van der Waals surface area contributed by atoms with Gasteiger partial charge < -0.3 is 9.74 Å². The first kappa shape index (κ1) is 17.2. The van der Waals surface area contributed by atoms with Crippen molar-refractivity contribution >= 4 is 23.6 Å². The molecule has 0 bridgehead atoms. The molecular formula is C20H19N3O4. The van der Waals surface area contributed by atoms with Gasteiger partial charge in [-0.15, -0.1) is 0 Å². The van der Waals surface area contributed by atoms with Crippen LogP contribution in [0.1, 0.15) is 50.8 Å². The Balaban J connectivity index is 1.52. The highest BCUT2D eigenvalue weighted by Gasteiger charge is 2.38. The van der Waals surface area contributed by atoms with Crippen LogP contribution in [-0.2, 0) is 4.84 Å². The Morgan fingerprint density at radius 2 is 1.85 bits per heavy atom. The molecule has 27 heavy (non-hydrogen) atoms. The van der Waals surface area contributed by atoms with Crippen LogP contribution in [0.2, 0.25) is 0 Å². The molecule has 2 aliphatic heterocycles. The normalized spacial score (nSPS) is 19.2. The number of anilines is 1. The Morgan fingerprint density at radius 3 is 2.52 bits per heavy atom. The standard InChI is InChI=1S/C20H19N3O4/c1-13-5-4-10-22(12-13)17-11-14(8-9-21-17)20(26)27-23-18(24)15-6-2-3-7-16(15)19(23)25/h2-3,6-9,11,13H,4-5,10,12H2,1H3. The fraction of sp³-hybridized carbons (Fsp3) is 0.300. The van der Waals surface area contributed by atoms with Gasteiger partial charge in [-0.2, -0.15) is 0 Å². The van der Waals surface area contributed by atoms with Gasteiger partial charge in [-0.1, -0.05) is 24.1 Å². The zero-order chi connectivity index (χ0) is 19.0. The molecule has 4 rings (SSSR count). The number of amides is 2. The van der Waals surface area contributed by atoms with Crippen LogP contribution in [0.3, 0.4) is 0 Å². The summed E-state index contributed by atoms with van der Waals surface area (Å²) in [5.41, 5.74) is 0.704. The van der Waals surface area contributed by atoms with E-state index in [1.54, 1.807) is 18.2 Å². The summed E-state index contributed by atoms with van der Waals surface area (Å²) >= 11 is 0. The summed E-state index contributed by atoms with van der Waals surface area (Å²) in [4.78, 5) is 48.8. The van der Waals surface area contributed by atoms with Gasteiger partial charge in [0.2, 0.25) is 0 Å². The Labute approximate surface area is 156 Å². The third-order valence-corrected chi connectivity index (χ3v) is 4.89. The number of aromatic nitrogens is 1. The van der Waals surface area contributed by atoms with Gasteiger partial charge in [-0.3, -0.25) is 9.59 Å². The number of nitrogens with zero attached hydrogens (tertiary/aromatic N) is 3. The maximum atomic E-state index is 12.5. The smallest absolute Gasteiger partial charge is 0.356 e. The molecule has 1 saturated heterocycles. The second kappa shape index (κ2) is 6.83. The number of hydroxylamine groups is 2. The van der Waals surface area contributed by atoms with Crippen molar-refractivity contribution in [3.05, 3.63) is 59.3 Å². The van der Waals surface area contributed by atoms with Crippen molar-refractivity contribution in [1.82, 2.24) is 10.0 Å². The van der Waals surface area contributed by atoms with E-state index in [9.17, 15) is 14.4 Å². The first-order valence-electron chi connectivity index (χ1n) is 8.95. The number of fused-ring (bicyclic) bond motifs is 1. The van der Waals surface area contributed by atoms with Crippen molar-refractivity contribution in [1.29, 1.82) is 0 Å². The summed E-state index contributed by atoms with van der Waals surface area (Å²) in [6.07, 6.45) is 3.79. The van der Waals surface area contributed by atoms with Crippen LogP contribution in [0.25, 0.3) is 0 Å². The Bertz CT molecular complexity index is 892. The molecule has 0 aliphatic carbocycles. The van der Waals surface area contributed by atoms with Crippen LogP contribution < -0.4 is 4.90 Å². The molecule has 1 fully saturated rings. The lowest BCUT2D eigenvalue weighted by molar-refractivity contribution is -0.0584. The first-order chi connectivity index (χ1) is 13.0. The molecule has 2 aliphatic rings. The van der Waals surface area contributed by atoms with Gasteiger partial charge in [-0.25, -0.2) is 9.78 Å². The van der Waals surface area contributed by atoms with Crippen molar-refractivity contribution in [3.63, 3.8) is 0 Å². The van der Waals surface area contributed by atoms with E-state index in [2.05, 4.69) is 16.8 Å². The number of rotatable bonds is 3. The van der Waals surface area contributed by atoms with Crippen molar-refractivity contribution < 1.29 is 19.2 Å². The average molecular weight is 365 g/mol. The molecule has 1 unspecified atom stereocenters. The predicted octanol–water partition coefficient (Wildman–Crippen LogP) is 2.69. The lowest BCUT2D eigenvalue weighted by Gasteiger charge is -2.31. The Morgan fingerprint density at radius 1 is 1.15 bits per heavy atom. The fourth-order valence-electron chi connectivity index (χ4n) is 3.50. The van der Waals surface area contributed by atoms with E-state index in [-0.39, 0.29) is 16.7 Å². The second-order valence-corrected chi connectivity index (χ2v) is 6.93. The Kier molecular flexibility index (Phi) is 4.35. The summed E-state index contributed by atoms with van der Waals surface area (Å²) < 4.78 is 0. The van der Waals surface area contributed by atoms with Crippen LogP contribution >= 0.6 is 0 Å². The molecule has 7 nitrogen and oxygen atoms in total. The minimum Gasteiger partial charge on any atom is -0.356 e. The van der Waals surface area contributed by atoms with Crippen LogP contribution in [0.4, 0.5) is 5.82 Å². The third kappa shape index (κ3) is 3.16. The van der Waals surface area contributed by atoms with Crippen molar-refractivity contribution in [3.8, 4) is 0 Å². The zero-order valence-electron chi connectivity index (χ0n) is 14.9. The van der Waals surface area contributed by atoms with Crippen molar-refractivity contribution in [2.75, 3.05) is 18.0 Å². The number of piperidine rings is 1. The molecule has 2 aromatic rings. The quantitative estimate of drug-likeness (QED) is 0.778. The van der Waals surface area contributed by atoms with Gasteiger partial charge in [0.1, 0.15) is 5.82 Å². The number of benzene rings is 1. The van der Waals surface area contributed by atoms with Crippen LogP contribution in [0.5, 0.6) is 0 Å². The number of carbonyl (C=O) groups excluding carboxylic acids is 3. The van der Waals surface area contributed by atoms with Crippen molar-refractivity contribution in [2.24, 2.45) is 5.92 Å². The van der Waals surface area contributed by atoms with Crippen LogP contribution in [-0.4, -0.2) is 40.9 Å². The number of hydrogen-bond donors (Lipinski definition) is 0. The highest BCUT2D eigenvalue weighted by molar-refractivity contribution is 6.21. The predicted molar refractivity (Wildman–Crippen MR) is 97.2 cm³/mol. The van der Waals surface area contributed by atoms with E-state index >= 15 is 0 Å². The third-order valence-electron chi connectivity index (χ3n) is 4.89. The maximum absolute atomic E-state index is 12.5. The van der Waals surface area contributed by atoms with E-state index in [1.807, 2.05) is 0 Å². The maximum Gasteiger partial charge on any atom is 0.364 e. The number of pyridine rings is 1. The van der Waals surface area contributed by atoms with Gasteiger partial charge in [0.05, 0.1) is 16.7 Å². The molecule has 0 saturated carbocycles. The van der Waals surface area contributed by atoms with E-state index in [0.717, 1.165) is 19.5 Å². The lowest BCUT2D eigenvalue weighted by Crippen LogP contribution is -2.35. The minimum atomic E-state index is -0.766. The largest absolute Gasteiger partial charge is 0.364 e. The minimum absolute atomic E-state index is 0.230. The zero-order valence-corrected chi connectivity index (χ0v) is 14.9. The number of imide groups is 1. The van der Waals surface area contributed by atoms with E-state index < -0.39 is 17.8 Å². The monoisotopic (exact) mass is 365 g/mol. The van der Waals surface area contributed by atoms with E-state index in [1.165, 1.54) is 30.8 Å². The highest BCUT2D eigenvalue weighted by Crippen LogP contribution is 2.25. The summed E-state index contributed by atoms with van der Waals surface area (Å²) in [5.74, 6) is -0.780. The van der Waals surface area contributed by atoms with Gasteiger partial charge >= 0.3 is 5.97 Å². The Hall–Kier alpha value is -3.22. The van der Waals surface area contributed by atoms with Gasteiger partial charge in [-0.05, 0) is 43.0 Å². The van der Waals surface area contributed by atoms with Gasteiger partial charge in [0, 0.05) is 19.3 Å². The summed E-state index contributed by atoms with van der Waals surface area (Å²) in [7, 11) is 0. The number of carbonyl (C=O) groups is 3. The number of hydrogen-bond acceptors (Lipinski definition) is 6. The first-order valence-corrected chi connectivity index (χ1v) is 8.95. The SMILES string of the molecule is CC1CCCN(c2cc(C(=O)ON3C(=O)c4ccccc4C3=O)ccn2)C1. The molecule has 7 heteroatoms. The molecule has 1 aromatic carbocycles. The molecule has 1 aromatic heterocycles. The summed E-state index contributed by atoms with van der Waals surface area (Å²) in [6.45, 7) is 3.95. The van der Waals surface area contributed by atoms with Gasteiger partial charge in [0.15, 0.2) is 0 Å². The van der Waals surface area contributed by atoms with E-state index in [0.29, 0.717) is 16.8 Å². The van der Waals surface area contributed by atoms with Crippen LogP contribution in [0.15, 0.2) is 42.6 Å². The molecule has 1 atom stereocenters. The molecule has 0 spiro atoms. The molecular weight excluding hydrogens is 346 g/mol. The topological polar surface area (TPSA) is 79.8 Å². The highest BCUT2D eigenvalue weighted by atomic mass is 16.7. The molecule has 0 radical (unpaired) electrons.